The molecule has 1 aromatic heterocycles. The second-order valence-electron chi connectivity index (χ2n) is 4.07. The normalized spacial score (nSPS) is 10.6. The van der Waals surface area contributed by atoms with E-state index in [0.29, 0.717) is 12.6 Å². The highest BCUT2D eigenvalue weighted by Crippen LogP contribution is 2.21. The summed E-state index contributed by atoms with van der Waals surface area (Å²) in [5.41, 5.74) is 0.937. The summed E-state index contributed by atoms with van der Waals surface area (Å²) in [5, 5.41) is 7.48. The SMILES string of the molecule is CCNc1nc(NCCOCC)c2ccccc2n1. The lowest BCUT2D eigenvalue weighted by Gasteiger charge is -2.11. The zero-order valence-electron chi connectivity index (χ0n) is 11.4. The molecule has 0 unspecified atom stereocenters. The van der Waals surface area contributed by atoms with Gasteiger partial charge in [-0.05, 0) is 26.0 Å². The Morgan fingerprint density at radius 2 is 1.95 bits per heavy atom. The van der Waals surface area contributed by atoms with Crippen LogP contribution in [0, 0.1) is 0 Å². The van der Waals surface area contributed by atoms with E-state index in [4.69, 9.17) is 4.74 Å². The lowest BCUT2D eigenvalue weighted by atomic mass is 10.2. The number of rotatable bonds is 7. The molecule has 5 heteroatoms. The Bertz CT molecular complexity index is 530. The van der Waals surface area contributed by atoms with Gasteiger partial charge in [0.1, 0.15) is 5.82 Å². The molecule has 1 aromatic carbocycles. The van der Waals surface area contributed by atoms with Crippen molar-refractivity contribution < 1.29 is 4.74 Å². The van der Waals surface area contributed by atoms with E-state index in [1.165, 1.54) is 0 Å². The average Bonchev–Trinajstić information content (AvgIpc) is 2.44. The number of para-hydroxylation sites is 1. The molecular weight excluding hydrogens is 240 g/mol. The second-order valence-corrected chi connectivity index (χ2v) is 4.07. The monoisotopic (exact) mass is 260 g/mol. The minimum absolute atomic E-state index is 0.653. The summed E-state index contributed by atoms with van der Waals surface area (Å²) in [7, 11) is 0. The predicted octanol–water partition coefficient (Wildman–Crippen LogP) is 2.51. The molecule has 0 amide bonds. The van der Waals surface area contributed by atoms with E-state index in [0.717, 1.165) is 36.4 Å². The smallest absolute Gasteiger partial charge is 0.225 e. The number of nitrogens with zero attached hydrogens (tertiary/aromatic N) is 2. The van der Waals surface area contributed by atoms with Gasteiger partial charge in [0, 0.05) is 25.1 Å². The van der Waals surface area contributed by atoms with Gasteiger partial charge in [0.2, 0.25) is 5.95 Å². The first-order valence-corrected chi connectivity index (χ1v) is 6.67. The van der Waals surface area contributed by atoms with E-state index in [-0.39, 0.29) is 0 Å². The van der Waals surface area contributed by atoms with E-state index in [9.17, 15) is 0 Å². The van der Waals surface area contributed by atoms with Gasteiger partial charge < -0.3 is 15.4 Å². The maximum Gasteiger partial charge on any atom is 0.225 e. The summed E-state index contributed by atoms with van der Waals surface area (Å²) < 4.78 is 5.32. The van der Waals surface area contributed by atoms with Crippen LogP contribution in [0.2, 0.25) is 0 Å². The van der Waals surface area contributed by atoms with Crippen LogP contribution >= 0.6 is 0 Å². The van der Waals surface area contributed by atoms with Crippen LogP contribution in [0.5, 0.6) is 0 Å². The fourth-order valence-corrected chi connectivity index (χ4v) is 1.83. The average molecular weight is 260 g/mol. The Kier molecular flexibility index (Phi) is 4.92. The molecule has 0 aliphatic heterocycles. The van der Waals surface area contributed by atoms with Crippen LogP contribution in [0.3, 0.4) is 0 Å². The highest BCUT2D eigenvalue weighted by molar-refractivity contribution is 5.89. The van der Waals surface area contributed by atoms with Crippen LogP contribution in [0.25, 0.3) is 10.9 Å². The zero-order chi connectivity index (χ0) is 13.5. The fourth-order valence-electron chi connectivity index (χ4n) is 1.83. The second kappa shape index (κ2) is 6.89. The van der Waals surface area contributed by atoms with Gasteiger partial charge in [-0.1, -0.05) is 12.1 Å². The molecule has 1 heterocycles. The summed E-state index contributed by atoms with van der Waals surface area (Å²) in [6.45, 7) is 6.96. The molecule has 2 rings (SSSR count). The number of anilines is 2. The Balaban J connectivity index is 2.23. The van der Waals surface area contributed by atoms with Crippen LogP contribution in [-0.2, 0) is 4.74 Å². The van der Waals surface area contributed by atoms with E-state index in [2.05, 4.69) is 20.6 Å². The standard InChI is InChI=1S/C14H20N4O/c1-3-15-14-17-12-8-6-5-7-11(12)13(18-14)16-9-10-19-4-2/h5-8H,3-4,9-10H2,1-2H3,(H2,15,16,17,18). The molecule has 0 bridgehead atoms. The Morgan fingerprint density at radius 3 is 2.74 bits per heavy atom. The van der Waals surface area contributed by atoms with Crippen molar-refractivity contribution in [3.8, 4) is 0 Å². The largest absolute Gasteiger partial charge is 0.380 e. The minimum atomic E-state index is 0.653. The van der Waals surface area contributed by atoms with Crippen molar-refractivity contribution in [1.82, 2.24) is 9.97 Å². The van der Waals surface area contributed by atoms with Crippen molar-refractivity contribution in [2.24, 2.45) is 0 Å². The molecular formula is C14H20N4O. The maximum atomic E-state index is 5.32. The van der Waals surface area contributed by atoms with Crippen LogP contribution in [-0.4, -0.2) is 36.3 Å². The molecule has 0 saturated carbocycles. The molecule has 0 aliphatic carbocycles. The van der Waals surface area contributed by atoms with E-state index in [1.807, 2.05) is 38.1 Å². The van der Waals surface area contributed by atoms with Crippen LogP contribution in [0.1, 0.15) is 13.8 Å². The maximum absolute atomic E-state index is 5.32. The molecule has 5 nitrogen and oxygen atoms in total. The highest BCUT2D eigenvalue weighted by atomic mass is 16.5. The molecule has 0 fully saturated rings. The Morgan fingerprint density at radius 1 is 1.11 bits per heavy atom. The molecule has 2 aromatic rings. The van der Waals surface area contributed by atoms with Crippen molar-refractivity contribution in [3.05, 3.63) is 24.3 Å². The van der Waals surface area contributed by atoms with Crippen molar-refractivity contribution >= 4 is 22.7 Å². The number of aromatic nitrogens is 2. The quantitative estimate of drug-likeness (QED) is 0.749. The van der Waals surface area contributed by atoms with Gasteiger partial charge in [-0.15, -0.1) is 0 Å². The van der Waals surface area contributed by atoms with Crippen LogP contribution in [0.15, 0.2) is 24.3 Å². The Hall–Kier alpha value is -1.88. The molecule has 0 saturated heterocycles. The molecule has 102 valence electrons. The van der Waals surface area contributed by atoms with Gasteiger partial charge in [0.25, 0.3) is 0 Å². The van der Waals surface area contributed by atoms with Gasteiger partial charge in [0.05, 0.1) is 12.1 Å². The van der Waals surface area contributed by atoms with Gasteiger partial charge in [-0.25, -0.2) is 4.98 Å². The third-order valence-corrected chi connectivity index (χ3v) is 2.68. The summed E-state index contributed by atoms with van der Waals surface area (Å²) in [6.07, 6.45) is 0. The van der Waals surface area contributed by atoms with Gasteiger partial charge >= 0.3 is 0 Å². The lowest BCUT2D eigenvalue weighted by Crippen LogP contribution is -2.12. The van der Waals surface area contributed by atoms with Crippen molar-refractivity contribution in [2.75, 3.05) is 36.9 Å². The van der Waals surface area contributed by atoms with E-state index < -0.39 is 0 Å². The highest BCUT2D eigenvalue weighted by Gasteiger charge is 2.06. The molecule has 2 N–H and O–H groups in total. The number of hydrogen-bond acceptors (Lipinski definition) is 5. The first-order valence-electron chi connectivity index (χ1n) is 6.67. The number of hydrogen-bond donors (Lipinski definition) is 2. The molecule has 0 spiro atoms. The van der Waals surface area contributed by atoms with E-state index in [1.54, 1.807) is 0 Å². The number of fused-ring (bicyclic) bond motifs is 1. The van der Waals surface area contributed by atoms with Gasteiger partial charge in [-0.2, -0.15) is 4.98 Å². The van der Waals surface area contributed by atoms with Crippen LogP contribution in [0.4, 0.5) is 11.8 Å². The van der Waals surface area contributed by atoms with Crippen molar-refractivity contribution in [2.45, 2.75) is 13.8 Å². The molecule has 19 heavy (non-hydrogen) atoms. The minimum Gasteiger partial charge on any atom is -0.380 e. The van der Waals surface area contributed by atoms with Crippen molar-refractivity contribution in [1.29, 1.82) is 0 Å². The summed E-state index contributed by atoms with van der Waals surface area (Å²) in [4.78, 5) is 8.98. The first-order chi connectivity index (χ1) is 9.35. The predicted molar refractivity (Wildman–Crippen MR) is 78.7 cm³/mol. The van der Waals surface area contributed by atoms with E-state index >= 15 is 0 Å². The lowest BCUT2D eigenvalue weighted by molar-refractivity contribution is 0.158. The number of nitrogens with one attached hydrogen (secondary N) is 2. The molecule has 0 radical (unpaired) electrons. The Labute approximate surface area is 113 Å². The topological polar surface area (TPSA) is 59.1 Å². The summed E-state index contributed by atoms with van der Waals surface area (Å²) in [5.74, 6) is 1.50. The summed E-state index contributed by atoms with van der Waals surface area (Å²) in [6, 6.07) is 7.99. The first kappa shape index (κ1) is 13.5. The van der Waals surface area contributed by atoms with Gasteiger partial charge in [-0.3, -0.25) is 0 Å². The molecule has 0 atom stereocenters. The fraction of sp³-hybridized carbons (Fsp3) is 0.429. The van der Waals surface area contributed by atoms with Gasteiger partial charge in [0.15, 0.2) is 0 Å². The zero-order valence-corrected chi connectivity index (χ0v) is 11.4. The van der Waals surface area contributed by atoms with Crippen molar-refractivity contribution in [3.63, 3.8) is 0 Å². The summed E-state index contributed by atoms with van der Waals surface area (Å²) >= 11 is 0. The number of ether oxygens (including phenoxy) is 1. The number of benzene rings is 1. The molecule has 0 aliphatic rings. The van der Waals surface area contributed by atoms with Crippen LogP contribution < -0.4 is 10.6 Å². The third-order valence-electron chi connectivity index (χ3n) is 2.68. The third kappa shape index (κ3) is 3.54.